The van der Waals surface area contributed by atoms with Crippen LogP contribution in [0.3, 0.4) is 0 Å². The maximum atomic E-state index is 5.48. The van der Waals surface area contributed by atoms with E-state index in [0.29, 0.717) is 26.5 Å². The third-order valence-corrected chi connectivity index (χ3v) is 6.77. The Kier molecular flexibility index (Phi) is 5.29. The monoisotopic (exact) mass is 462 g/mol. The highest BCUT2D eigenvalue weighted by Gasteiger charge is 2.26. The van der Waals surface area contributed by atoms with Crippen LogP contribution in [0.2, 0.25) is 0 Å². The van der Waals surface area contributed by atoms with Crippen LogP contribution in [-0.4, -0.2) is 69.6 Å². The third-order valence-electron chi connectivity index (χ3n) is 5.73. The van der Waals surface area contributed by atoms with Gasteiger partial charge >= 0.3 is 0 Å². The molecule has 1 saturated heterocycles. The molecule has 11 heteroatoms. The first-order chi connectivity index (χ1) is 16.3. The summed E-state index contributed by atoms with van der Waals surface area (Å²) in [5.41, 5.74) is 3.83. The maximum Gasteiger partial charge on any atom is 0.168 e. The molecule has 168 valence electrons. The Morgan fingerprint density at radius 2 is 1.91 bits per heavy atom. The highest BCUT2D eigenvalue weighted by atomic mass is 32.2. The predicted octanol–water partition coefficient (Wildman–Crippen LogP) is 2.71. The first kappa shape index (κ1) is 20.3. The van der Waals surface area contributed by atoms with E-state index in [2.05, 4.69) is 57.5 Å². The Balaban J connectivity index is 1.33. The molecule has 5 heterocycles. The third kappa shape index (κ3) is 3.67. The van der Waals surface area contributed by atoms with E-state index >= 15 is 0 Å². The van der Waals surface area contributed by atoms with Crippen LogP contribution in [0.5, 0.6) is 0 Å². The predicted molar refractivity (Wildman–Crippen MR) is 124 cm³/mol. The van der Waals surface area contributed by atoms with Crippen molar-refractivity contribution in [2.24, 2.45) is 0 Å². The Labute approximate surface area is 194 Å². The second-order valence-electron chi connectivity index (χ2n) is 7.78. The molecule has 0 amide bonds. The molecule has 3 aromatic heterocycles. The summed E-state index contributed by atoms with van der Waals surface area (Å²) >= 11 is 1.62. The largest absolute Gasteiger partial charge is 0.378 e. The van der Waals surface area contributed by atoms with E-state index in [1.165, 1.54) is 0 Å². The molecule has 2 aliphatic rings. The van der Waals surface area contributed by atoms with Crippen molar-refractivity contribution in [2.45, 2.75) is 16.5 Å². The van der Waals surface area contributed by atoms with Crippen molar-refractivity contribution >= 4 is 40.2 Å². The van der Waals surface area contributed by atoms with E-state index in [9.17, 15) is 0 Å². The fraction of sp³-hybridized carbons (Fsp3) is 0.318. The Morgan fingerprint density at radius 1 is 1.03 bits per heavy atom. The molecule has 33 heavy (non-hydrogen) atoms. The number of anilines is 3. The van der Waals surface area contributed by atoms with Gasteiger partial charge in [-0.1, -0.05) is 17.8 Å². The standard InChI is InChI=1S/C22H22N8O2S/c1-31-14-30-16-10-15(2-3-17(16)33-22-21(30)23-4-5-24-22)11-29-13-27-18-19(25-12-26-20(18)29)28-6-8-32-9-7-28/h2-5,10,12-13H,6-9,11,14H2,1H3. The number of hydrogen-bond acceptors (Lipinski definition) is 10. The topological polar surface area (TPSA) is 94.3 Å². The summed E-state index contributed by atoms with van der Waals surface area (Å²) in [7, 11) is 1.69. The Morgan fingerprint density at radius 3 is 2.79 bits per heavy atom. The molecule has 0 spiro atoms. The van der Waals surface area contributed by atoms with Gasteiger partial charge in [0.2, 0.25) is 0 Å². The van der Waals surface area contributed by atoms with Crippen molar-refractivity contribution in [1.29, 1.82) is 0 Å². The smallest absolute Gasteiger partial charge is 0.168 e. The summed E-state index contributed by atoms with van der Waals surface area (Å²) in [6.45, 7) is 4.05. The molecule has 2 aliphatic heterocycles. The van der Waals surface area contributed by atoms with Gasteiger partial charge in [-0.05, 0) is 17.7 Å². The summed E-state index contributed by atoms with van der Waals surface area (Å²) in [6.07, 6.45) is 6.88. The number of ether oxygens (including phenoxy) is 2. The summed E-state index contributed by atoms with van der Waals surface area (Å²) in [5, 5.41) is 0.878. The number of aromatic nitrogens is 6. The van der Waals surface area contributed by atoms with Crippen molar-refractivity contribution in [3.05, 3.63) is 48.8 Å². The van der Waals surface area contributed by atoms with E-state index in [1.54, 1.807) is 37.6 Å². The Hall–Kier alpha value is -3.28. The number of hydrogen-bond donors (Lipinski definition) is 0. The number of imidazole rings is 1. The molecule has 0 unspecified atom stereocenters. The van der Waals surface area contributed by atoms with E-state index in [0.717, 1.165) is 57.1 Å². The number of fused-ring (bicyclic) bond motifs is 3. The molecule has 0 atom stereocenters. The highest BCUT2D eigenvalue weighted by molar-refractivity contribution is 7.99. The van der Waals surface area contributed by atoms with Crippen LogP contribution in [0.1, 0.15) is 5.56 Å². The molecule has 0 radical (unpaired) electrons. The van der Waals surface area contributed by atoms with Crippen molar-refractivity contribution in [2.75, 3.05) is 49.9 Å². The molecule has 10 nitrogen and oxygen atoms in total. The highest BCUT2D eigenvalue weighted by Crippen LogP contribution is 2.46. The second-order valence-corrected chi connectivity index (χ2v) is 8.81. The van der Waals surface area contributed by atoms with Crippen LogP contribution in [0.15, 0.2) is 53.2 Å². The van der Waals surface area contributed by atoms with Gasteiger partial charge in [-0.2, -0.15) is 0 Å². The molecular weight excluding hydrogens is 440 g/mol. The molecule has 1 fully saturated rings. The molecule has 6 rings (SSSR count). The first-order valence-electron chi connectivity index (χ1n) is 10.7. The quantitative estimate of drug-likeness (QED) is 0.441. The van der Waals surface area contributed by atoms with Gasteiger partial charge in [0, 0.05) is 37.5 Å². The van der Waals surface area contributed by atoms with Crippen LogP contribution < -0.4 is 9.80 Å². The van der Waals surface area contributed by atoms with Gasteiger partial charge in [0.1, 0.15) is 18.1 Å². The summed E-state index contributed by atoms with van der Waals surface area (Å²) in [6, 6.07) is 6.44. The maximum absolute atomic E-state index is 5.48. The van der Waals surface area contributed by atoms with Gasteiger partial charge in [-0.15, -0.1) is 0 Å². The van der Waals surface area contributed by atoms with Crippen LogP contribution in [0.25, 0.3) is 11.2 Å². The lowest BCUT2D eigenvalue weighted by molar-refractivity contribution is 0.122. The summed E-state index contributed by atoms with van der Waals surface area (Å²) in [5.74, 6) is 1.68. The van der Waals surface area contributed by atoms with Gasteiger partial charge in [-0.3, -0.25) is 4.90 Å². The van der Waals surface area contributed by atoms with Crippen molar-refractivity contribution < 1.29 is 9.47 Å². The zero-order valence-electron chi connectivity index (χ0n) is 18.1. The van der Waals surface area contributed by atoms with Crippen LogP contribution in [-0.2, 0) is 16.0 Å². The average molecular weight is 463 g/mol. The van der Waals surface area contributed by atoms with Crippen molar-refractivity contribution in [1.82, 2.24) is 29.5 Å². The minimum absolute atomic E-state index is 0.396. The van der Waals surface area contributed by atoms with Gasteiger partial charge in [0.15, 0.2) is 22.8 Å². The van der Waals surface area contributed by atoms with E-state index in [4.69, 9.17) is 9.47 Å². The summed E-state index contributed by atoms with van der Waals surface area (Å²) in [4.78, 5) is 28.1. The number of rotatable bonds is 5. The van der Waals surface area contributed by atoms with Crippen LogP contribution in [0.4, 0.5) is 17.3 Å². The van der Waals surface area contributed by atoms with E-state index in [1.807, 2.05) is 6.33 Å². The SMILES string of the molecule is COCN1c2cc(Cn3cnc4c(N5CCOCC5)ncnc43)ccc2Sc2nccnc21. The minimum Gasteiger partial charge on any atom is -0.378 e. The molecule has 0 N–H and O–H groups in total. The van der Waals surface area contributed by atoms with Gasteiger partial charge in [0.25, 0.3) is 0 Å². The normalized spacial score (nSPS) is 15.5. The molecule has 0 aliphatic carbocycles. The van der Waals surface area contributed by atoms with Crippen LogP contribution in [0, 0.1) is 0 Å². The number of methoxy groups -OCH3 is 1. The average Bonchev–Trinajstić information content (AvgIpc) is 3.27. The van der Waals surface area contributed by atoms with Gasteiger partial charge in [-0.25, -0.2) is 24.9 Å². The molecular formula is C22H22N8O2S. The fourth-order valence-electron chi connectivity index (χ4n) is 4.20. The van der Waals surface area contributed by atoms with Gasteiger partial charge < -0.3 is 18.9 Å². The summed E-state index contributed by atoms with van der Waals surface area (Å²) < 4.78 is 13.0. The second kappa shape index (κ2) is 8.58. The molecule has 0 saturated carbocycles. The Bertz CT molecular complexity index is 1310. The first-order valence-corrected chi connectivity index (χ1v) is 11.5. The fourth-order valence-corrected chi connectivity index (χ4v) is 5.18. The lowest BCUT2D eigenvalue weighted by atomic mass is 10.2. The lowest BCUT2D eigenvalue weighted by Crippen LogP contribution is -2.36. The zero-order chi connectivity index (χ0) is 22.2. The zero-order valence-corrected chi connectivity index (χ0v) is 18.9. The van der Waals surface area contributed by atoms with Crippen molar-refractivity contribution in [3.63, 3.8) is 0 Å². The number of nitrogens with zero attached hydrogens (tertiary/aromatic N) is 8. The van der Waals surface area contributed by atoms with E-state index < -0.39 is 0 Å². The molecule has 0 bridgehead atoms. The van der Waals surface area contributed by atoms with E-state index in [-0.39, 0.29) is 0 Å². The van der Waals surface area contributed by atoms with Crippen LogP contribution >= 0.6 is 11.8 Å². The number of morpholine rings is 1. The lowest BCUT2D eigenvalue weighted by Gasteiger charge is -2.30. The van der Waals surface area contributed by atoms with Gasteiger partial charge in [0.05, 0.1) is 31.8 Å². The minimum atomic E-state index is 0.396. The molecule has 4 aromatic rings. The number of benzene rings is 1. The van der Waals surface area contributed by atoms with Crippen molar-refractivity contribution in [3.8, 4) is 0 Å². The molecule has 1 aromatic carbocycles.